The first-order valence-electron chi connectivity index (χ1n) is 10.2. The number of nitrogens with one attached hydrogen (secondary N) is 1. The number of nitrogen functional groups attached to an aromatic ring is 1. The largest absolute Gasteiger partial charge is 0.385 e. The van der Waals surface area contributed by atoms with Crippen LogP contribution < -0.4 is 21.9 Å². The highest BCUT2D eigenvalue weighted by atomic mass is 35.5. The Morgan fingerprint density at radius 2 is 1.76 bits per heavy atom. The number of nitrogens with two attached hydrogens (primary N) is 1. The second-order valence-electron chi connectivity index (χ2n) is 7.33. The molecule has 3 rings (SSSR count). The number of anilines is 2. The summed E-state index contributed by atoms with van der Waals surface area (Å²) in [7, 11) is 1.54. The molecule has 0 saturated heterocycles. The van der Waals surface area contributed by atoms with Gasteiger partial charge in [-0.25, -0.2) is 4.79 Å². The molecule has 1 amide bonds. The van der Waals surface area contributed by atoms with Crippen molar-refractivity contribution in [3.63, 3.8) is 0 Å². The summed E-state index contributed by atoms with van der Waals surface area (Å²) in [6, 6.07) is 14.1. The van der Waals surface area contributed by atoms with E-state index in [0.717, 1.165) is 5.56 Å². The molecule has 0 atom stereocenters. The van der Waals surface area contributed by atoms with Gasteiger partial charge in [-0.2, -0.15) is 0 Å². The number of ether oxygens (including phenoxy) is 1. The smallest absolute Gasteiger partial charge is 0.330 e. The van der Waals surface area contributed by atoms with Crippen LogP contribution in [0, 0.1) is 0 Å². The summed E-state index contributed by atoms with van der Waals surface area (Å²) >= 11 is 12.5. The molecule has 0 aliphatic carbocycles. The number of aromatic nitrogens is 2. The van der Waals surface area contributed by atoms with Crippen LogP contribution in [0.3, 0.4) is 0 Å². The van der Waals surface area contributed by atoms with Crippen molar-refractivity contribution in [3.05, 3.63) is 90.5 Å². The molecule has 0 unspecified atom stereocenters. The van der Waals surface area contributed by atoms with Crippen LogP contribution in [-0.2, 0) is 22.5 Å². The van der Waals surface area contributed by atoms with Gasteiger partial charge in [0, 0.05) is 30.3 Å². The van der Waals surface area contributed by atoms with Crippen molar-refractivity contribution in [2.24, 2.45) is 0 Å². The summed E-state index contributed by atoms with van der Waals surface area (Å²) in [6.45, 7) is 0.634. The minimum atomic E-state index is -0.752. The second-order valence-corrected chi connectivity index (χ2v) is 8.15. The van der Waals surface area contributed by atoms with Gasteiger partial charge in [0.2, 0.25) is 5.91 Å². The standard InChI is InChI=1S/C23H24Cl2N4O4/c1-33-12-6-11-28(19(30)13-16-17(24)9-5-10-18(16)25)20-21(26)29(23(32)27-22(20)31)14-15-7-3-2-4-8-15/h2-5,7-10H,6,11-14,26H2,1H3,(H,27,31,32). The molecule has 0 fully saturated rings. The molecule has 10 heteroatoms. The molecule has 3 N–H and O–H groups in total. The number of amides is 1. The number of hydrogen-bond acceptors (Lipinski definition) is 5. The van der Waals surface area contributed by atoms with Crippen LogP contribution in [0.4, 0.5) is 11.5 Å². The molecule has 0 radical (unpaired) electrons. The third-order valence-electron chi connectivity index (χ3n) is 5.09. The lowest BCUT2D eigenvalue weighted by atomic mass is 10.1. The van der Waals surface area contributed by atoms with Crippen LogP contribution in [0.2, 0.25) is 10.0 Å². The first kappa shape index (κ1) is 24.6. The normalized spacial score (nSPS) is 10.9. The van der Waals surface area contributed by atoms with Gasteiger partial charge in [0.1, 0.15) is 5.82 Å². The van der Waals surface area contributed by atoms with Crippen LogP contribution in [0.25, 0.3) is 0 Å². The van der Waals surface area contributed by atoms with Crippen LogP contribution in [-0.4, -0.2) is 35.7 Å². The first-order valence-corrected chi connectivity index (χ1v) is 11.0. The van der Waals surface area contributed by atoms with Crippen LogP contribution >= 0.6 is 23.2 Å². The number of nitrogens with zero attached hydrogens (tertiary/aromatic N) is 2. The molecule has 0 bridgehead atoms. The van der Waals surface area contributed by atoms with Crippen LogP contribution in [0.1, 0.15) is 17.5 Å². The van der Waals surface area contributed by atoms with E-state index in [4.69, 9.17) is 33.7 Å². The third kappa shape index (κ3) is 5.84. The molecule has 0 saturated carbocycles. The number of methoxy groups -OCH3 is 1. The molecule has 1 heterocycles. The zero-order valence-electron chi connectivity index (χ0n) is 18.0. The quantitative estimate of drug-likeness (QED) is 0.447. The third-order valence-corrected chi connectivity index (χ3v) is 5.80. The topological polar surface area (TPSA) is 110 Å². The van der Waals surface area contributed by atoms with Crippen molar-refractivity contribution in [1.82, 2.24) is 9.55 Å². The van der Waals surface area contributed by atoms with Crippen LogP contribution in [0.5, 0.6) is 0 Å². The molecule has 0 aliphatic heterocycles. The second kappa shape index (κ2) is 11.2. The number of hydrogen-bond donors (Lipinski definition) is 2. The summed E-state index contributed by atoms with van der Waals surface area (Å²) < 4.78 is 6.32. The Bertz CT molecular complexity index is 1220. The van der Waals surface area contributed by atoms with Crippen molar-refractivity contribution < 1.29 is 9.53 Å². The van der Waals surface area contributed by atoms with E-state index in [9.17, 15) is 14.4 Å². The monoisotopic (exact) mass is 490 g/mol. The molecule has 0 aliphatic rings. The molecule has 33 heavy (non-hydrogen) atoms. The maximum Gasteiger partial charge on any atom is 0.330 e. The Kier molecular flexibility index (Phi) is 8.32. The van der Waals surface area contributed by atoms with Gasteiger partial charge in [-0.3, -0.25) is 19.1 Å². The van der Waals surface area contributed by atoms with Gasteiger partial charge in [0.25, 0.3) is 5.56 Å². The van der Waals surface area contributed by atoms with Gasteiger partial charge in [-0.1, -0.05) is 59.6 Å². The summed E-state index contributed by atoms with van der Waals surface area (Å²) in [5.41, 5.74) is 6.03. The van der Waals surface area contributed by atoms with E-state index >= 15 is 0 Å². The van der Waals surface area contributed by atoms with Crippen molar-refractivity contribution in [1.29, 1.82) is 0 Å². The summed E-state index contributed by atoms with van der Waals surface area (Å²) in [5, 5.41) is 0.673. The number of carbonyl (C=O) groups excluding carboxylic acids is 1. The lowest BCUT2D eigenvalue weighted by Crippen LogP contribution is -2.42. The predicted molar refractivity (Wildman–Crippen MR) is 130 cm³/mol. The maximum absolute atomic E-state index is 13.3. The molecular weight excluding hydrogens is 467 g/mol. The lowest BCUT2D eigenvalue weighted by molar-refractivity contribution is -0.118. The Morgan fingerprint density at radius 1 is 1.09 bits per heavy atom. The molecule has 3 aromatic rings. The highest BCUT2D eigenvalue weighted by molar-refractivity contribution is 6.36. The number of halogens is 2. The highest BCUT2D eigenvalue weighted by Crippen LogP contribution is 2.27. The molecule has 0 spiro atoms. The van der Waals surface area contributed by atoms with E-state index < -0.39 is 17.2 Å². The van der Waals surface area contributed by atoms with Gasteiger partial charge in [0.05, 0.1) is 13.0 Å². The van der Waals surface area contributed by atoms with Gasteiger partial charge in [-0.05, 0) is 29.7 Å². The van der Waals surface area contributed by atoms with Crippen molar-refractivity contribution in [3.8, 4) is 0 Å². The van der Waals surface area contributed by atoms with Gasteiger partial charge in [0.15, 0.2) is 5.69 Å². The van der Waals surface area contributed by atoms with E-state index in [1.807, 2.05) is 30.3 Å². The van der Waals surface area contributed by atoms with E-state index in [1.54, 1.807) is 18.2 Å². The molecule has 2 aromatic carbocycles. The molecule has 174 valence electrons. The number of carbonyl (C=O) groups is 1. The zero-order chi connectivity index (χ0) is 24.0. The Hall–Kier alpha value is -3.07. The number of rotatable bonds is 9. The number of benzene rings is 2. The van der Waals surface area contributed by atoms with Gasteiger partial charge < -0.3 is 15.4 Å². The number of H-pyrrole nitrogens is 1. The zero-order valence-corrected chi connectivity index (χ0v) is 19.5. The Labute approximate surface area is 200 Å². The lowest BCUT2D eigenvalue weighted by Gasteiger charge is -2.25. The Morgan fingerprint density at radius 3 is 2.39 bits per heavy atom. The van der Waals surface area contributed by atoms with E-state index in [0.29, 0.717) is 28.6 Å². The minimum Gasteiger partial charge on any atom is -0.385 e. The Balaban J connectivity index is 2.04. The highest BCUT2D eigenvalue weighted by Gasteiger charge is 2.25. The van der Waals surface area contributed by atoms with Gasteiger partial charge >= 0.3 is 5.69 Å². The minimum absolute atomic E-state index is 0.102. The van der Waals surface area contributed by atoms with E-state index in [1.165, 1.54) is 16.6 Å². The van der Waals surface area contributed by atoms with E-state index in [-0.39, 0.29) is 31.0 Å². The fraction of sp³-hybridized carbons (Fsp3) is 0.261. The maximum atomic E-state index is 13.3. The molecule has 1 aromatic heterocycles. The molecular formula is C23H24Cl2N4O4. The average Bonchev–Trinajstić information content (AvgIpc) is 2.78. The van der Waals surface area contributed by atoms with E-state index in [2.05, 4.69) is 4.98 Å². The fourth-order valence-corrected chi connectivity index (χ4v) is 3.97. The fourth-order valence-electron chi connectivity index (χ4n) is 3.44. The van der Waals surface area contributed by atoms with Crippen LogP contribution in [0.15, 0.2) is 58.1 Å². The van der Waals surface area contributed by atoms with Crippen molar-refractivity contribution in [2.45, 2.75) is 19.4 Å². The van der Waals surface area contributed by atoms with Crippen molar-refractivity contribution in [2.75, 3.05) is 30.9 Å². The van der Waals surface area contributed by atoms with Gasteiger partial charge in [-0.15, -0.1) is 0 Å². The summed E-state index contributed by atoms with van der Waals surface area (Å²) in [5.74, 6) is -0.549. The summed E-state index contributed by atoms with van der Waals surface area (Å²) in [4.78, 5) is 42.2. The first-order chi connectivity index (χ1) is 15.8. The average molecular weight is 491 g/mol. The predicted octanol–water partition coefficient (Wildman–Crippen LogP) is 3.09. The molecule has 8 nitrogen and oxygen atoms in total. The van der Waals surface area contributed by atoms with Crippen molar-refractivity contribution >= 4 is 40.6 Å². The summed E-state index contributed by atoms with van der Waals surface area (Å²) in [6.07, 6.45) is 0.289. The SMILES string of the molecule is COCCCN(C(=O)Cc1c(Cl)cccc1Cl)c1c(N)n(Cc2ccccc2)c(=O)[nH]c1=O. The number of aromatic amines is 1.